The van der Waals surface area contributed by atoms with Crippen molar-refractivity contribution >= 4 is 19.8 Å². The number of quaternary nitrogens is 1. The largest absolute Gasteiger partial charge is 0.472 e. The van der Waals surface area contributed by atoms with E-state index in [0.29, 0.717) is 23.9 Å². The normalized spacial score (nSPS) is 24.2. The first-order valence-electron chi connectivity index (χ1n) is 12.2. The van der Waals surface area contributed by atoms with Gasteiger partial charge in [0.2, 0.25) is 0 Å². The van der Waals surface area contributed by atoms with Gasteiger partial charge in [0.05, 0.1) is 34.4 Å². The highest BCUT2D eigenvalue weighted by atomic mass is 31.2. The van der Waals surface area contributed by atoms with Crippen molar-refractivity contribution in [3.8, 4) is 0 Å². The molecule has 0 aromatic carbocycles. The molecule has 206 valence electrons. The summed E-state index contributed by atoms with van der Waals surface area (Å²) < 4.78 is 45.6. The van der Waals surface area contributed by atoms with E-state index in [1.807, 2.05) is 35.0 Å². The van der Waals surface area contributed by atoms with E-state index in [1.54, 1.807) is 0 Å². The summed E-state index contributed by atoms with van der Waals surface area (Å²) in [5.41, 5.74) is 5.53. The van der Waals surface area contributed by atoms with Crippen LogP contribution in [0, 0.1) is 0 Å². The van der Waals surface area contributed by atoms with Crippen LogP contribution in [0.25, 0.3) is 0 Å². The lowest BCUT2D eigenvalue weighted by Gasteiger charge is -2.25. The van der Waals surface area contributed by atoms with Crippen molar-refractivity contribution in [2.45, 2.75) is 77.0 Å². The van der Waals surface area contributed by atoms with Crippen LogP contribution in [0.15, 0.2) is 0 Å². The SMILES string of the molecule is CCCCC(=O)OC1C(COP(=O)(O)OCC[N+](C)(C)C)OC(OCCN)C1OC(=O)CCCC. The maximum absolute atomic E-state index is 12.4. The topological polar surface area (TPSA) is 153 Å². The van der Waals surface area contributed by atoms with Crippen LogP contribution in [0.5, 0.6) is 0 Å². The first-order valence-corrected chi connectivity index (χ1v) is 13.7. The highest BCUT2D eigenvalue weighted by Crippen LogP contribution is 2.44. The molecule has 12 nitrogen and oxygen atoms in total. The van der Waals surface area contributed by atoms with Crippen molar-refractivity contribution in [1.29, 1.82) is 0 Å². The number of hydrogen-bond acceptors (Lipinski definition) is 10. The minimum absolute atomic E-state index is 0.00185. The summed E-state index contributed by atoms with van der Waals surface area (Å²) >= 11 is 0. The molecule has 13 heteroatoms. The Labute approximate surface area is 208 Å². The summed E-state index contributed by atoms with van der Waals surface area (Å²) in [4.78, 5) is 34.9. The Hall–Kier alpha value is -1.11. The number of phosphoric ester groups is 1. The zero-order chi connectivity index (χ0) is 26.5. The Morgan fingerprint density at radius 1 is 0.971 bits per heavy atom. The molecule has 0 bridgehead atoms. The molecule has 0 aromatic rings. The average Bonchev–Trinajstić information content (AvgIpc) is 3.08. The van der Waals surface area contributed by atoms with E-state index in [4.69, 9.17) is 33.7 Å². The minimum atomic E-state index is -4.41. The highest BCUT2D eigenvalue weighted by molar-refractivity contribution is 7.47. The van der Waals surface area contributed by atoms with Gasteiger partial charge in [-0.2, -0.15) is 0 Å². The van der Waals surface area contributed by atoms with E-state index in [0.717, 1.165) is 12.8 Å². The monoisotopic (exact) mass is 527 g/mol. The fourth-order valence-corrected chi connectivity index (χ4v) is 3.83. The molecule has 1 saturated heterocycles. The molecule has 5 unspecified atom stereocenters. The van der Waals surface area contributed by atoms with Crippen LogP contribution in [0.1, 0.15) is 52.4 Å². The van der Waals surface area contributed by atoms with E-state index in [2.05, 4.69) is 0 Å². The van der Waals surface area contributed by atoms with Gasteiger partial charge >= 0.3 is 19.8 Å². The summed E-state index contributed by atoms with van der Waals surface area (Å²) in [5.74, 6) is -1.000. The predicted octanol–water partition coefficient (Wildman–Crippen LogP) is 1.73. The molecule has 5 atom stereocenters. The Morgan fingerprint density at radius 3 is 2.06 bits per heavy atom. The molecule has 3 N–H and O–H groups in total. The first-order chi connectivity index (χ1) is 16.4. The lowest BCUT2D eigenvalue weighted by Crippen LogP contribution is -2.42. The third-order valence-electron chi connectivity index (χ3n) is 5.09. The van der Waals surface area contributed by atoms with Crippen LogP contribution >= 0.6 is 7.82 Å². The molecule has 0 spiro atoms. The van der Waals surface area contributed by atoms with Crippen molar-refractivity contribution in [3.05, 3.63) is 0 Å². The van der Waals surface area contributed by atoms with Gasteiger partial charge in [-0.15, -0.1) is 0 Å². The number of esters is 2. The third kappa shape index (κ3) is 13.1. The van der Waals surface area contributed by atoms with Crippen LogP contribution in [0.3, 0.4) is 0 Å². The fourth-order valence-electron chi connectivity index (χ4n) is 3.11. The molecule has 1 heterocycles. The first kappa shape index (κ1) is 31.9. The van der Waals surface area contributed by atoms with Crippen LogP contribution < -0.4 is 5.73 Å². The zero-order valence-corrected chi connectivity index (χ0v) is 22.6. The molecule has 0 aliphatic carbocycles. The fraction of sp³-hybridized carbons (Fsp3) is 0.909. The number of unbranched alkanes of at least 4 members (excludes halogenated alkanes) is 2. The van der Waals surface area contributed by atoms with Gasteiger partial charge in [-0.1, -0.05) is 26.7 Å². The summed E-state index contributed by atoms with van der Waals surface area (Å²) in [5, 5.41) is 0. The number of ether oxygens (including phenoxy) is 4. The minimum Gasteiger partial charge on any atom is -0.455 e. The summed E-state index contributed by atoms with van der Waals surface area (Å²) in [6, 6.07) is 0. The lowest BCUT2D eigenvalue weighted by molar-refractivity contribution is -0.870. The van der Waals surface area contributed by atoms with Gasteiger partial charge in [0.1, 0.15) is 19.3 Å². The molecule has 0 aromatic heterocycles. The number of rotatable bonds is 18. The van der Waals surface area contributed by atoms with Crippen molar-refractivity contribution < 1.29 is 51.5 Å². The average molecular weight is 528 g/mol. The summed E-state index contributed by atoms with van der Waals surface area (Å²) in [6.45, 7) is 4.20. The number of nitrogens with two attached hydrogens (primary N) is 1. The number of likely N-dealkylation sites (N-methyl/N-ethyl adjacent to an activating group) is 1. The van der Waals surface area contributed by atoms with Crippen molar-refractivity contribution in [2.24, 2.45) is 5.73 Å². The van der Waals surface area contributed by atoms with E-state index >= 15 is 0 Å². The van der Waals surface area contributed by atoms with Gasteiger partial charge < -0.3 is 34.1 Å². The molecular formula is C22H44N2O10P+. The summed E-state index contributed by atoms with van der Waals surface area (Å²) in [7, 11) is 1.34. The number of phosphoric acid groups is 1. The highest BCUT2D eigenvalue weighted by Gasteiger charge is 2.51. The molecule has 35 heavy (non-hydrogen) atoms. The number of carbonyl (C=O) groups excluding carboxylic acids is 2. The second-order valence-electron chi connectivity index (χ2n) is 9.43. The molecule has 0 radical (unpaired) electrons. The Bertz CT molecular complexity index is 688. The van der Waals surface area contributed by atoms with E-state index in [-0.39, 0.29) is 32.6 Å². The van der Waals surface area contributed by atoms with Crippen LogP contribution in [-0.4, -0.2) is 100.0 Å². The molecule has 0 amide bonds. The third-order valence-corrected chi connectivity index (χ3v) is 6.07. The van der Waals surface area contributed by atoms with Gasteiger partial charge in [0.25, 0.3) is 0 Å². The van der Waals surface area contributed by atoms with Crippen molar-refractivity contribution in [3.63, 3.8) is 0 Å². The van der Waals surface area contributed by atoms with E-state index in [9.17, 15) is 19.0 Å². The molecule has 1 aliphatic rings. The van der Waals surface area contributed by atoms with Gasteiger partial charge in [-0.3, -0.25) is 18.6 Å². The standard InChI is InChI=1S/C22H43N2O10P/c1-6-8-10-18(25)33-20-17(16-31-35(27,28)30-15-13-24(3,4)5)32-22(29-14-12-23)21(20)34-19(26)11-9-7-2/h17,20-22H,6-16,23H2,1-5H3/p+1. The predicted molar refractivity (Wildman–Crippen MR) is 127 cm³/mol. The Morgan fingerprint density at radius 2 is 1.54 bits per heavy atom. The molecule has 1 fully saturated rings. The van der Waals surface area contributed by atoms with Gasteiger partial charge in [-0.05, 0) is 12.8 Å². The van der Waals surface area contributed by atoms with E-state index in [1.165, 1.54) is 0 Å². The van der Waals surface area contributed by atoms with Crippen molar-refractivity contribution in [1.82, 2.24) is 0 Å². The molecule has 1 rings (SSSR count). The molecule has 0 saturated carbocycles. The number of nitrogens with zero attached hydrogens (tertiary/aromatic N) is 1. The zero-order valence-electron chi connectivity index (χ0n) is 21.7. The van der Waals surface area contributed by atoms with Crippen LogP contribution in [0.4, 0.5) is 0 Å². The maximum atomic E-state index is 12.4. The maximum Gasteiger partial charge on any atom is 0.472 e. The van der Waals surface area contributed by atoms with Gasteiger partial charge in [0, 0.05) is 19.4 Å². The quantitative estimate of drug-likeness (QED) is 0.152. The second-order valence-corrected chi connectivity index (χ2v) is 10.9. The van der Waals surface area contributed by atoms with Gasteiger partial charge in [-0.25, -0.2) is 4.57 Å². The lowest BCUT2D eigenvalue weighted by atomic mass is 10.1. The Kier molecular flexibility index (Phi) is 14.5. The van der Waals surface area contributed by atoms with Crippen LogP contribution in [-0.2, 0) is 42.1 Å². The van der Waals surface area contributed by atoms with Crippen molar-refractivity contribution in [2.75, 3.05) is 54.1 Å². The van der Waals surface area contributed by atoms with E-state index < -0.39 is 51.0 Å². The smallest absolute Gasteiger partial charge is 0.455 e. The second kappa shape index (κ2) is 15.9. The summed E-state index contributed by atoms with van der Waals surface area (Å²) in [6.07, 6.45) is -1.11. The Balaban J connectivity index is 2.96. The molecule has 1 aliphatic heterocycles. The van der Waals surface area contributed by atoms with Crippen LogP contribution in [0.2, 0.25) is 0 Å². The number of hydrogen-bond donors (Lipinski definition) is 2. The van der Waals surface area contributed by atoms with Gasteiger partial charge in [0.15, 0.2) is 18.5 Å². The molecular weight excluding hydrogens is 483 g/mol. The number of carbonyl (C=O) groups is 2.